The van der Waals surface area contributed by atoms with Crippen molar-refractivity contribution < 1.29 is 0 Å². The van der Waals surface area contributed by atoms with Gasteiger partial charge in [-0.2, -0.15) is 0 Å². The molecular weight excluding hydrogens is 953 g/mol. The van der Waals surface area contributed by atoms with Crippen molar-refractivity contribution in [1.82, 2.24) is 4.57 Å². The lowest BCUT2D eigenvalue weighted by molar-refractivity contribution is 0.734. The molecule has 2 nitrogen and oxygen atoms in total. The highest BCUT2D eigenvalue weighted by Gasteiger charge is 2.46. The molecule has 376 valence electrons. The molecule has 1 aliphatic rings. The SMILES string of the molecule is CCC(C)c1ccc(-c2ccc3c(c2)c2cc(-c4ccc(N(c5ccc(-c6ccccc6)cc5)c5ccc(-c6ccccc6)cc5)cc4)ccc2n3-c2ccc3c(c2)C(c2ccccc2)(c2ccccc2)c2ccccc2-3)cc1. The zero-order valence-corrected chi connectivity index (χ0v) is 44.5. The summed E-state index contributed by atoms with van der Waals surface area (Å²) < 4.78 is 2.50. The van der Waals surface area contributed by atoms with Gasteiger partial charge in [0, 0.05) is 33.5 Å². The minimum atomic E-state index is -0.510. The molecule has 0 bridgehead atoms. The molecule has 1 heterocycles. The molecule has 12 aromatic carbocycles. The van der Waals surface area contributed by atoms with E-state index in [0.29, 0.717) is 5.92 Å². The van der Waals surface area contributed by atoms with Crippen LogP contribution in [0.5, 0.6) is 0 Å². The van der Waals surface area contributed by atoms with E-state index in [4.69, 9.17) is 0 Å². The Balaban J connectivity index is 0.906. The molecule has 0 saturated heterocycles. The third-order valence-corrected chi connectivity index (χ3v) is 16.8. The highest BCUT2D eigenvalue weighted by atomic mass is 15.1. The van der Waals surface area contributed by atoms with Crippen molar-refractivity contribution in [2.45, 2.75) is 31.6 Å². The Labute approximate surface area is 463 Å². The Kier molecular flexibility index (Phi) is 12.1. The number of fused-ring (bicyclic) bond motifs is 6. The summed E-state index contributed by atoms with van der Waals surface area (Å²) in [5.74, 6) is 0.519. The van der Waals surface area contributed by atoms with Crippen LogP contribution in [0, 0.1) is 0 Å². The van der Waals surface area contributed by atoms with Crippen LogP contribution in [0.1, 0.15) is 54.0 Å². The fraction of sp³-hybridized carbons (Fsp3) is 0.0649. The van der Waals surface area contributed by atoms with Gasteiger partial charge in [0.25, 0.3) is 0 Å². The van der Waals surface area contributed by atoms with E-state index in [0.717, 1.165) is 34.7 Å². The van der Waals surface area contributed by atoms with Crippen molar-refractivity contribution >= 4 is 38.9 Å². The van der Waals surface area contributed by atoms with Gasteiger partial charge in [0.2, 0.25) is 0 Å². The molecule has 2 heteroatoms. The molecule has 0 fully saturated rings. The van der Waals surface area contributed by atoms with E-state index in [2.05, 4.69) is 321 Å². The van der Waals surface area contributed by atoms with Gasteiger partial charge in [-0.1, -0.05) is 238 Å². The number of aromatic nitrogens is 1. The molecule has 0 amide bonds. The molecule has 0 saturated carbocycles. The molecule has 0 N–H and O–H groups in total. The molecule has 1 aromatic heterocycles. The minimum Gasteiger partial charge on any atom is -0.311 e. The Morgan fingerprint density at radius 1 is 0.342 bits per heavy atom. The van der Waals surface area contributed by atoms with E-state index >= 15 is 0 Å². The van der Waals surface area contributed by atoms with Crippen LogP contribution < -0.4 is 4.90 Å². The van der Waals surface area contributed by atoms with Crippen LogP contribution in [0.4, 0.5) is 17.1 Å². The lowest BCUT2D eigenvalue weighted by Gasteiger charge is -2.34. The molecule has 1 atom stereocenters. The Bertz CT molecular complexity index is 4170. The summed E-state index contributed by atoms with van der Waals surface area (Å²) in [4.78, 5) is 2.36. The van der Waals surface area contributed by atoms with Gasteiger partial charge in [0.1, 0.15) is 0 Å². The molecule has 0 aliphatic heterocycles. The predicted octanol–water partition coefficient (Wildman–Crippen LogP) is 20.8. The fourth-order valence-electron chi connectivity index (χ4n) is 12.6. The van der Waals surface area contributed by atoms with Crippen LogP contribution in [-0.2, 0) is 5.41 Å². The largest absolute Gasteiger partial charge is 0.311 e. The first-order valence-electron chi connectivity index (χ1n) is 27.8. The topological polar surface area (TPSA) is 8.17 Å². The van der Waals surface area contributed by atoms with E-state index in [1.165, 1.54) is 99.7 Å². The summed E-state index contributed by atoms with van der Waals surface area (Å²) in [6, 6.07) is 110. The van der Waals surface area contributed by atoms with Crippen molar-refractivity contribution in [2.24, 2.45) is 0 Å². The number of benzene rings is 12. The average Bonchev–Trinajstić information content (AvgIpc) is 3.00. The Morgan fingerprint density at radius 2 is 0.722 bits per heavy atom. The lowest BCUT2D eigenvalue weighted by Crippen LogP contribution is -2.28. The standard InChI is InChI=1S/C77H58N2/c1-3-53(2)54-28-30-59(31-29-54)61-38-48-75-71(50-61)72-51-62(39-49-76(72)79(75)68-46-47-70-69-26-16-17-27-73(69)77(74(70)52-68,63-22-12-6-13-23-63)64-24-14-7-15-25-64)60-36-44-67(45-37-60)78(65-40-32-57(33-41-65)55-18-8-4-9-19-55)66-42-34-58(35-43-66)56-20-10-5-11-21-56/h4-53H,3H2,1-2H3. The molecule has 1 aliphatic carbocycles. The third kappa shape index (κ3) is 8.27. The molecule has 1 unspecified atom stereocenters. The van der Waals surface area contributed by atoms with Gasteiger partial charge in [-0.15, -0.1) is 0 Å². The van der Waals surface area contributed by atoms with Crippen molar-refractivity contribution in [3.8, 4) is 61.3 Å². The van der Waals surface area contributed by atoms with Crippen molar-refractivity contribution in [3.63, 3.8) is 0 Å². The number of anilines is 3. The summed E-state index contributed by atoms with van der Waals surface area (Å²) >= 11 is 0. The third-order valence-electron chi connectivity index (χ3n) is 16.8. The van der Waals surface area contributed by atoms with Crippen molar-refractivity contribution in [1.29, 1.82) is 0 Å². The zero-order valence-electron chi connectivity index (χ0n) is 44.5. The van der Waals surface area contributed by atoms with Gasteiger partial charge in [-0.25, -0.2) is 0 Å². The predicted molar refractivity (Wildman–Crippen MR) is 333 cm³/mol. The van der Waals surface area contributed by atoms with Gasteiger partial charge in [0.05, 0.1) is 16.4 Å². The maximum atomic E-state index is 2.50. The highest BCUT2D eigenvalue weighted by molar-refractivity contribution is 6.12. The van der Waals surface area contributed by atoms with Gasteiger partial charge in [-0.3, -0.25) is 0 Å². The van der Waals surface area contributed by atoms with Gasteiger partial charge in [0.15, 0.2) is 0 Å². The normalized spacial score (nSPS) is 12.8. The second kappa shape index (κ2) is 20.0. The molecule has 14 rings (SSSR count). The second-order valence-corrected chi connectivity index (χ2v) is 21.2. The lowest BCUT2D eigenvalue weighted by atomic mass is 9.67. The van der Waals surface area contributed by atoms with E-state index in [1.54, 1.807) is 0 Å². The van der Waals surface area contributed by atoms with Gasteiger partial charge < -0.3 is 9.47 Å². The summed E-state index contributed by atoms with van der Waals surface area (Å²) in [6.07, 6.45) is 1.12. The van der Waals surface area contributed by atoms with Crippen LogP contribution >= 0.6 is 0 Å². The first-order valence-corrected chi connectivity index (χ1v) is 27.8. The van der Waals surface area contributed by atoms with Crippen LogP contribution in [0.15, 0.2) is 297 Å². The summed E-state index contributed by atoms with van der Waals surface area (Å²) in [6.45, 7) is 4.58. The van der Waals surface area contributed by atoms with E-state index in [9.17, 15) is 0 Å². The molecule has 0 spiro atoms. The Morgan fingerprint density at radius 3 is 1.19 bits per heavy atom. The van der Waals surface area contributed by atoms with Crippen LogP contribution in [0.2, 0.25) is 0 Å². The first-order chi connectivity index (χ1) is 39.0. The first kappa shape index (κ1) is 47.7. The van der Waals surface area contributed by atoms with Crippen molar-refractivity contribution in [3.05, 3.63) is 325 Å². The second-order valence-electron chi connectivity index (χ2n) is 21.2. The van der Waals surface area contributed by atoms with E-state index < -0.39 is 5.41 Å². The Hall–Kier alpha value is -9.76. The highest BCUT2D eigenvalue weighted by Crippen LogP contribution is 2.57. The number of hydrogen-bond acceptors (Lipinski definition) is 1. The summed E-state index contributed by atoms with van der Waals surface area (Å²) in [7, 11) is 0. The number of rotatable bonds is 12. The number of hydrogen-bond donors (Lipinski definition) is 0. The number of nitrogens with zero attached hydrogens (tertiary/aromatic N) is 2. The van der Waals surface area contributed by atoms with Crippen LogP contribution in [0.25, 0.3) is 83.1 Å². The molecular formula is C77H58N2. The van der Waals surface area contributed by atoms with Crippen LogP contribution in [-0.4, -0.2) is 4.57 Å². The molecule has 0 radical (unpaired) electrons. The van der Waals surface area contributed by atoms with E-state index in [-0.39, 0.29) is 0 Å². The quantitative estimate of drug-likeness (QED) is 0.118. The summed E-state index contributed by atoms with van der Waals surface area (Å²) in [5.41, 5.74) is 24.9. The minimum absolute atomic E-state index is 0.510. The van der Waals surface area contributed by atoms with Crippen LogP contribution in [0.3, 0.4) is 0 Å². The summed E-state index contributed by atoms with van der Waals surface area (Å²) in [5, 5.41) is 2.44. The van der Waals surface area contributed by atoms with Gasteiger partial charge >= 0.3 is 0 Å². The maximum absolute atomic E-state index is 2.50. The monoisotopic (exact) mass is 1010 g/mol. The van der Waals surface area contributed by atoms with Crippen molar-refractivity contribution in [2.75, 3.05) is 4.90 Å². The smallest absolute Gasteiger partial charge is 0.0714 e. The van der Waals surface area contributed by atoms with E-state index in [1.807, 2.05) is 0 Å². The van der Waals surface area contributed by atoms with Gasteiger partial charge in [-0.05, 0) is 169 Å². The molecule has 79 heavy (non-hydrogen) atoms. The maximum Gasteiger partial charge on any atom is 0.0714 e. The zero-order chi connectivity index (χ0) is 52.9. The average molecular weight is 1010 g/mol. The molecule has 13 aromatic rings. The fourth-order valence-corrected chi connectivity index (χ4v) is 12.6.